The van der Waals surface area contributed by atoms with Gasteiger partial charge in [0.2, 0.25) is 11.8 Å². The number of benzene rings is 1. The van der Waals surface area contributed by atoms with Crippen LogP contribution in [0.1, 0.15) is 25.7 Å². The molecule has 0 unspecified atom stereocenters. The normalized spacial score (nSPS) is 25.3. The van der Waals surface area contributed by atoms with E-state index in [1.165, 1.54) is 24.6 Å². The number of amides is 2. The van der Waals surface area contributed by atoms with Gasteiger partial charge in [0.05, 0.1) is 12.0 Å². The lowest BCUT2D eigenvalue weighted by Crippen LogP contribution is -2.49. The van der Waals surface area contributed by atoms with Gasteiger partial charge in [-0.25, -0.2) is 4.39 Å². The number of halogens is 2. The van der Waals surface area contributed by atoms with E-state index in [1.54, 1.807) is 6.07 Å². The fraction of sp³-hybridized carbons (Fsp3) is 0.529. The summed E-state index contributed by atoms with van der Waals surface area (Å²) in [5.74, 6) is -0.435. The van der Waals surface area contributed by atoms with Crippen molar-refractivity contribution in [2.75, 3.05) is 25.0 Å². The summed E-state index contributed by atoms with van der Waals surface area (Å²) in [6, 6.07) is 5.70. The van der Waals surface area contributed by atoms with E-state index in [0.717, 1.165) is 25.8 Å². The quantitative estimate of drug-likeness (QED) is 0.774. The molecule has 3 rings (SSSR count). The lowest BCUT2D eigenvalue weighted by Gasteiger charge is -2.37. The van der Waals surface area contributed by atoms with Crippen LogP contribution in [-0.4, -0.2) is 31.4 Å². The van der Waals surface area contributed by atoms with Gasteiger partial charge in [0.25, 0.3) is 0 Å². The molecule has 1 aromatic rings. The summed E-state index contributed by atoms with van der Waals surface area (Å²) in [4.78, 5) is 24.6. The Bertz CT molecular complexity index is 613. The van der Waals surface area contributed by atoms with E-state index in [0.29, 0.717) is 18.2 Å². The molecule has 1 heterocycles. The first-order chi connectivity index (χ1) is 11.1. The average Bonchev–Trinajstić information content (AvgIpc) is 2.98. The van der Waals surface area contributed by atoms with Crippen molar-refractivity contribution < 1.29 is 14.0 Å². The number of carbonyl (C=O) groups excluding carboxylic acids is 2. The molecular formula is C17H23ClFN3O2. The first-order valence-electron chi connectivity index (χ1n) is 8.15. The minimum atomic E-state index is -0.409. The van der Waals surface area contributed by atoms with Gasteiger partial charge in [-0.1, -0.05) is 18.9 Å². The molecule has 24 heavy (non-hydrogen) atoms. The second-order valence-electron chi connectivity index (χ2n) is 6.47. The van der Waals surface area contributed by atoms with E-state index in [9.17, 15) is 14.0 Å². The molecule has 2 atom stereocenters. The Morgan fingerprint density at radius 1 is 1.33 bits per heavy atom. The molecule has 7 heteroatoms. The zero-order valence-corrected chi connectivity index (χ0v) is 14.3. The van der Waals surface area contributed by atoms with E-state index in [-0.39, 0.29) is 36.2 Å². The molecule has 1 aromatic carbocycles. The molecule has 2 amide bonds. The molecular weight excluding hydrogens is 333 g/mol. The van der Waals surface area contributed by atoms with Gasteiger partial charge in [0.15, 0.2) is 0 Å². The fourth-order valence-electron chi connectivity index (χ4n) is 3.80. The van der Waals surface area contributed by atoms with E-state index < -0.39 is 5.82 Å². The molecule has 1 saturated heterocycles. The van der Waals surface area contributed by atoms with Crippen LogP contribution in [0.3, 0.4) is 0 Å². The summed E-state index contributed by atoms with van der Waals surface area (Å²) >= 11 is 0. The zero-order chi connectivity index (χ0) is 16.3. The molecule has 132 valence electrons. The van der Waals surface area contributed by atoms with Gasteiger partial charge in [-0.2, -0.15) is 0 Å². The summed E-state index contributed by atoms with van der Waals surface area (Å²) in [5.41, 5.74) is 0.0256. The number of anilines is 1. The van der Waals surface area contributed by atoms with Crippen molar-refractivity contribution in [2.24, 2.45) is 11.3 Å². The molecule has 1 saturated carbocycles. The van der Waals surface area contributed by atoms with Gasteiger partial charge >= 0.3 is 0 Å². The average molecular weight is 356 g/mol. The third-order valence-electron chi connectivity index (χ3n) is 5.01. The van der Waals surface area contributed by atoms with Crippen molar-refractivity contribution in [3.63, 3.8) is 0 Å². The van der Waals surface area contributed by atoms with Crippen LogP contribution in [0.25, 0.3) is 0 Å². The second kappa shape index (κ2) is 7.94. The van der Waals surface area contributed by atoms with E-state index in [4.69, 9.17) is 0 Å². The Morgan fingerprint density at radius 3 is 2.96 bits per heavy atom. The number of rotatable bonds is 4. The van der Waals surface area contributed by atoms with Crippen molar-refractivity contribution in [2.45, 2.75) is 25.7 Å². The minimum absolute atomic E-state index is 0. The second-order valence-corrected chi connectivity index (χ2v) is 6.47. The van der Waals surface area contributed by atoms with Gasteiger partial charge < -0.3 is 16.0 Å². The van der Waals surface area contributed by atoms with Gasteiger partial charge in [0, 0.05) is 12.2 Å². The van der Waals surface area contributed by atoms with Crippen molar-refractivity contribution in [3.8, 4) is 0 Å². The van der Waals surface area contributed by atoms with Crippen LogP contribution < -0.4 is 16.0 Å². The summed E-state index contributed by atoms with van der Waals surface area (Å²) in [6.07, 6.45) is 4.17. The maximum absolute atomic E-state index is 13.1. The molecule has 1 aliphatic heterocycles. The zero-order valence-electron chi connectivity index (χ0n) is 13.4. The molecule has 2 aliphatic rings. The number of hydrogen-bond acceptors (Lipinski definition) is 3. The van der Waals surface area contributed by atoms with Crippen LogP contribution in [0.4, 0.5) is 10.1 Å². The minimum Gasteiger partial charge on any atom is -0.346 e. The monoisotopic (exact) mass is 355 g/mol. The fourth-order valence-corrected chi connectivity index (χ4v) is 3.80. The van der Waals surface area contributed by atoms with Crippen LogP contribution in [0.2, 0.25) is 0 Å². The number of carbonyl (C=O) groups is 2. The molecule has 2 fully saturated rings. The highest BCUT2D eigenvalue weighted by molar-refractivity contribution is 5.95. The highest BCUT2D eigenvalue weighted by Gasteiger charge is 2.49. The van der Waals surface area contributed by atoms with Gasteiger partial charge in [0.1, 0.15) is 5.82 Å². The molecule has 0 bridgehead atoms. The Balaban J connectivity index is 0.00000208. The Kier molecular flexibility index (Phi) is 6.18. The molecule has 3 N–H and O–H groups in total. The van der Waals surface area contributed by atoms with Crippen LogP contribution in [0.5, 0.6) is 0 Å². The maximum Gasteiger partial charge on any atom is 0.243 e. The number of hydrogen-bond donors (Lipinski definition) is 3. The number of fused-ring (bicyclic) bond motifs is 1. The van der Waals surface area contributed by atoms with Crippen molar-refractivity contribution >= 4 is 29.9 Å². The van der Waals surface area contributed by atoms with Crippen LogP contribution in [-0.2, 0) is 9.59 Å². The topological polar surface area (TPSA) is 70.2 Å². The van der Waals surface area contributed by atoms with E-state index in [1.807, 2.05) is 0 Å². The summed E-state index contributed by atoms with van der Waals surface area (Å²) in [5, 5.41) is 8.67. The summed E-state index contributed by atoms with van der Waals surface area (Å²) in [7, 11) is 0. The predicted octanol–water partition coefficient (Wildman–Crippen LogP) is 2.08. The van der Waals surface area contributed by atoms with Crippen molar-refractivity contribution in [1.29, 1.82) is 0 Å². The van der Waals surface area contributed by atoms with E-state index >= 15 is 0 Å². The van der Waals surface area contributed by atoms with Crippen LogP contribution >= 0.6 is 12.4 Å². The van der Waals surface area contributed by atoms with Gasteiger partial charge in [-0.3, -0.25) is 9.59 Å². The lowest BCUT2D eigenvalue weighted by atomic mass is 9.67. The highest BCUT2D eigenvalue weighted by atomic mass is 35.5. The summed E-state index contributed by atoms with van der Waals surface area (Å²) in [6.45, 7) is 1.47. The Labute approximate surface area is 147 Å². The maximum atomic E-state index is 13.1. The van der Waals surface area contributed by atoms with Gasteiger partial charge in [-0.05, 0) is 43.5 Å². The molecule has 1 aliphatic carbocycles. The standard InChI is InChI=1S/C17H22FN3O2.ClH/c18-13-5-3-6-14(8-13)21-15(22)10-20-16(23)17-7-2-1-4-12(17)9-19-11-17;/h3,5-6,8,12,19H,1-2,4,7,9-11H2,(H,20,23)(H,21,22);1H/t12-,17+;/m0./s1. The smallest absolute Gasteiger partial charge is 0.243 e. The molecule has 0 aromatic heterocycles. The summed E-state index contributed by atoms with van der Waals surface area (Å²) < 4.78 is 13.1. The van der Waals surface area contributed by atoms with Crippen LogP contribution in [0, 0.1) is 17.2 Å². The Hall–Kier alpha value is -1.66. The third-order valence-corrected chi connectivity index (χ3v) is 5.01. The largest absolute Gasteiger partial charge is 0.346 e. The molecule has 0 radical (unpaired) electrons. The molecule has 0 spiro atoms. The van der Waals surface area contributed by atoms with Crippen LogP contribution in [0.15, 0.2) is 24.3 Å². The Morgan fingerprint density at radius 2 is 2.17 bits per heavy atom. The predicted molar refractivity (Wildman–Crippen MR) is 92.5 cm³/mol. The first-order valence-corrected chi connectivity index (χ1v) is 8.15. The third kappa shape index (κ3) is 3.87. The van der Waals surface area contributed by atoms with E-state index in [2.05, 4.69) is 16.0 Å². The SMILES string of the molecule is Cl.O=C(CNC(=O)[C@@]12CCCC[C@H]1CNC2)Nc1cccc(F)c1. The van der Waals surface area contributed by atoms with Crippen molar-refractivity contribution in [3.05, 3.63) is 30.1 Å². The van der Waals surface area contributed by atoms with Crippen molar-refractivity contribution in [1.82, 2.24) is 10.6 Å². The highest BCUT2D eigenvalue weighted by Crippen LogP contribution is 2.43. The lowest BCUT2D eigenvalue weighted by molar-refractivity contribution is -0.135. The number of nitrogens with one attached hydrogen (secondary N) is 3. The molecule has 5 nitrogen and oxygen atoms in total. The first kappa shape index (κ1) is 18.7. The van der Waals surface area contributed by atoms with Gasteiger partial charge in [-0.15, -0.1) is 12.4 Å².